The first-order valence-electron chi connectivity index (χ1n) is 3.22. The highest BCUT2D eigenvalue weighted by molar-refractivity contribution is 4.88. The Labute approximate surface area is 61.8 Å². The second-order valence-corrected chi connectivity index (χ2v) is 2.53. The van der Waals surface area contributed by atoms with Crippen LogP contribution in [0, 0.1) is 0 Å². The molecule has 0 radical (unpaired) electrons. The zero-order valence-electron chi connectivity index (χ0n) is 5.45. The van der Waals surface area contributed by atoms with E-state index in [1.54, 1.807) is 0 Å². The van der Waals surface area contributed by atoms with E-state index in [0.29, 0.717) is 0 Å². The van der Waals surface area contributed by atoms with E-state index in [1.165, 1.54) is 0 Å². The number of ether oxygens (including phenoxy) is 1. The fourth-order valence-corrected chi connectivity index (χ4v) is 1.05. The van der Waals surface area contributed by atoms with Gasteiger partial charge in [0.2, 0.25) is 0 Å². The Kier molecular flexibility index (Phi) is 1.60. The van der Waals surface area contributed by atoms with Gasteiger partial charge >= 0.3 is 0 Å². The fraction of sp³-hybridized carbons (Fsp3) is 1.00. The lowest BCUT2D eigenvalue weighted by Gasteiger charge is -2.08. The molecule has 0 aromatic heterocycles. The van der Waals surface area contributed by atoms with E-state index in [-0.39, 0.29) is 0 Å². The van der Waals surface area contributed by atoms with Crippen LogP contribution in [0.25, 0.3) is 0 Å². The number of aliphatic hydroxyl groups excluding tert-OH is 3. The van der Waals surface area contributed by atoms with Gasteiger partial charge in [0, 0.05) is 0 Å². The van der Waals surface area contributed by atoms with Gasteiger partial charge in [0.15, 0.2) is 6.29 Å². The average Bonchev–Trinajstić information content (AvgIpc) is 2.76. The van der Waals surface area contributed by atoms with Crippen molar-refractivity contribution in [2.24, 2.45) is 0 Å². The van der Waals surface area contributed by atoms with Gasteiger partial charge in [-0.3, -0.25) is 0 Å². The van der Waals surface area contributed by atoms with Gasteiger partial charge < -0.3 is 20.1 Å². The van der Waals surface area contributed by atoms with E-state index in [9.17, 15) is 0 Å². The average molecular weight is 164 g/mol. The molecule has 4 atom stereocenters. The minimum absolute atomic E-state index is 0.656. The van der Waals surface area contributed by atoms with Crippen molar-refractivity contribution >= 4 is 0 Å². The smallest absolute Gasteiger partial charge is 0.253 e. The summed E-state index contributed by atoms with van der Waals surface area (Å²) in [6.07, 6.45) is -5.25. The maximum Gasteiger partial charge on any atom is 0.253 e. The molecular weight excluding hydrogens is 156 g/mol. The van der Waals surface area contributed by atoms with Crippen LogP contribution in [-0.2, 0) is 14.5 Å². The maximum atomic E-state index is 9.14. The lowest BCUT2D eigenvalue weighted by Crippen LogP contribution is -2.34. The standard InChI is InChI=1S/C5H8O6/c6-1-2(7)4(8)9-3(1)5-10-11-5/h1-8H/t1-,2-,3-,4+/m1/s1. The van der Waals surface area contributed by atoms with Crippen LogP contribution in [0.5, 0.6) is 0 Å². The van der Waals surface area contributed by atoms with Crippen LogP contribution in [0.2, 0.25) is 0 Å². The van der Waals surface area contributed by atoms with Crippen molar-refractivity contribution in [1.82, 2.24) is 0 Å². The van der Waals surface area contributed by atoms with Crippen molar-refractivity contribution in [3.05, 3.63) is 0 Å². The lowest BCUT2D eigenvalue weighted by molar-refractivity contribution is -0.130. The number of hydrogen-bond donors (Lipinski definition) is 3. The molecule has 0 aliphatic carbocycles. The molecule has 6 heteroatoms. The van der Waals surface area contributed by atoms with E-state index in [2.05, 4.69) is 9.78 Å². The first kappa shape index (κ1) is 7.41. The SMILES string of the molecule is O[C@@H]1[C@@H](O)[C@H](C2OO2)O[C@@H]1O. The van der Waals surface area contributed by atoms with Crippen LogP contribution in [0.4, 0.5) is 0 Å². The Balaban J connectivity index is 2.01. The Hall–Kier alpha value is -0.240. The summed E-state index contributed by atoms with van der Waals surface area (Å²) in [6.45, 7) is 0. The Bertz CT molecular complexity index is 157. The minimum atomic E-state index is -1.36. The van der Waals surface area contributed by atoms with Crippen molar-refractivity contribution in [2.75, 3.05) is 0 Å². The molecule has 0 aromatic rings. The van der Waals surface area contributed by atoms with Gasteiger partial charge in [-0.1, -0.05) is 0 Å². The van der Waals surface area contributed by atoms with E-state index >= 15 is 0 Å². The molecule has 0 bridgehead atoms. The van der Waals surface area contributed by atoms with Gasteiger partial charge in [0.05, 0.1) is 0 Å². The summed E-state index contributed by atoms with van der Waals surface area (Å²) in [7, 11) is 0. The molecule has 2 rings (SSSR count). The van der Waals surface area contributed by atoms with Crippen LogP contribution >= 0.6 is 0 Å². The molecule has 2 fully saturated rings. The molecule has 2 aliphatic rings. The molecule has 6 nitrogen and oxygen atoms in total. The zero-order chi connectivity index (χ0) is 8.01. The highest BCUT2D eigenvalue weighted by Crippen LogP contribution is 2.30. The molecule has 64 valence electrons. The summed E-state index contributed by atoms with van der Waals surface area (Å²) >= 11 is 0. The highest BCUT2D eigenvalue weighted by Gasteiger charge is 2.52. The molecule has 3 N–H and O–H groups in total. The fourth-order valence-electron chi connectivity index (χ4n) is 1.05. The predicted molar refractivity (Wildman–Crippen MR) is 28.9 cm³/mol. The third-order valence-corrected chi connectivity index (χ3v) is 1.75. The van der Waals surface area contributed by atoms with Gasteiger partial charge in [-0.2, -0.15) is 9.78 Å². The monoisotopic (exact) mass is 164 g/mol. The summed E-state index contributed by atoms with van der Waals surface area (Å²) in [4.78, 5) is 8.70. The topological polar surface area (TPSA) is 95.0 Å². The maximum absolute atomic E-state index is 9.14. The number of rotatable bonds is 1. The van der Waals surface area contributed by atoms with E-state index in [0.717, 1.165) is 0 Å². The second kappa shape index (κ2) is 2.37. The molecular formula is C5H8O6. The third kappa shape index (κ3) is 1.13. The molecule has 0 unspecified atom stereocenters. The Morgan fingerprint density at radius 3 is 1.91 bits per heavy atom. The highest BCUT2D eigenvalue weighted by atomic mass is 17.4. The van der Waals surface area contributed by atoms with Gasteiger partial charge in [0.1, 0.15) is 18.3 Å². The normalized spacial score (nSPS) is 51.5. The van der Waals surface area contributed by atoms with Crippen LogP contribution in [-0.4, -0.2) is 46.2 Å². The third-order valence-electron chi connectivity index (χ3n) is 1.75. The molecule has 0 saturated carbocycles. The number of hydrogen-bond acceptors (Lipinski definition) is 6. The first-order chi connectivity index (χ1) is 5.20. The van der Waals surface area contributed by atoms with Crippen LogP contribution in [0.15, 0.2) is 0 Å². The van der Waals surface area contributed by atoms with E-state index in [1.807, 2.05) is 0 Å². The van der Waals surface area contributed by atoms with Crippen molar-refractivity contribution < 1.29 is 29.8 Å². The zero-order valence-corrected chi connectivity index (χ0v) is 5.45. The van der Waals surface area contributed by atoms with Crippen molar-refractivity contribution in [3.63, 3.8) is 0 Å². The van der Waals surface area contributed by atoms with Crippen LogP contribution in [0.1, 0.15) is 0 Å². The van der Waals surface area contributed by atoms with Gasteiger partial charge in [-0.15, -0.1) is 0 Å². The Morgan fingerprint density at radius 1 is 0.909 bits per heavy atom. The second-order valence-electron chi connectivity index (χ2n) is 2.53. The minimum Gasteiger partial charge on any atom is -0.387 e. The predicted octanol–water partition coefficient (Wildman–Crippen LogP) is -2.29. The summed E-state index contributed by atoms with van der Waals surface area (Å²) < 4.78 is 4.72. The van der Waals surface area contributed by atoms with E-state index < -0.39 is 30.9 Å². The molecule has 0 spiro atoms. The van der Waals surface area contributed by atoms with Gasteiger partial charge in [-0.25, -0.2) is 0 Å². The molecule has 0 amide bonds. The summed E-state index contributed by atoms with van der Waals surface area (Å²) in [5.41, 5.74) is 0. The van der Waals surface area contributed by atoms with E-state index in [4.69, 9.17) is 20.1 Å². The largest absolute Gasteiger partial charge is 0.387 e. The van der Waals surface area contributed by atoms with Crippen LogP contribution in [0.3, 0.4) is 0 Å². The summed E-state index contributed by atoms with van der Waals surface area (Å²) in [5.74, 6) is 0. The van der Waals surface area contributed by atoms with Crippen molar-refractivity contribution in [2.45, 2.75) is 30.9 Å². The van der Waals surface area contributed by atoms with Crippen molar-refractivity contribution in [3.8, 4) is 0 Å². The molecule has 2 aliphatic heterocycles. The first-order valence-corrected chi connectivity index (χ1v) is 3.22. The molecule has 2 heterocycles. The van der Waals surface area contributed by atoms with Gasteiger partial charge in [0.25, 0.3) is 6.29 Å². The molecule has 0 aromatic carbocycles. The number of aliphatic hydroxyl groups is 3. The van der Waals surface area contributed by atoms with Crippen LogP contribution < -0.4 is 0 Å². The molecule has 2 saturated heterocycles. The summed E-state index contributed by atoms with van der Waals surface area (Å²) in [5, 5.41) is 27.0. The quantitative estimate of drug-likeness (QED) is 0.298. The molecule has 11 heavy (non-hydrogen) atoms. The van der Waals surface area contributed by atoms with Crippen molar-refractivity contribution in [1.29, 1.82) is 0 Å². The Morgan fingerprint density at radius 2 is 1.55 bits per heavy atom. The van der Waals surface area contributed by atoms with Gasteiger partial charge in [-0.05, 0) is 0 Å². The summed E-state index contributed by atoms with van der Waals surface area (Å²) in [6, 6.07) is 0. The lowest BCUT2D eigenvalue weighted by atomic mass is 10.1.